The highest BCUT2D eigenvalue weighted by atomic mass is 32.2. The molecule has 8 heteroatoms. The van der Waals surface area contributed by atoms with Crippen molar-refractivity contribution in [2.75, 3.05) is 12.3 Å². The van der Waals surface area contributed by atoms with Crippen LogP contribution in [0.3, 0.4) is 0 Å². The molecule has 0 fully saturated rings. The number of aliphatic carboxylic acids is 2. The lowest BCUT2D eigenvalue weighted by Crippen LogP contribution is -2.27. The Morgan fingerprint density at radius 2 is 1.88 bits per heavy atom. The van der Waals surface area contributed by atoms with Crippen molar-refractivity contribution in [3.05, 3.63) is 11.6 Å². The number of hydrogen-bond acceptors (Lipinski definition) is 4. The first-order valence-corrected chi connectivity index (χ1v) is 6.08. The van der Waals surface area contributed by atoms with Crippen molar-refractivity contribution in [1.29, 1.82) is 0 Å². The van der Waals surface area contributed by atoms with Crippen LogP contribution in [0.5, 0.6) is 0 Å². The Hall–Kier alpha value is -1.41. The summed E-state index contributed by atoms with van der Waals surface area (Å²) in [5.74, 6) is -2.87. The fourth-order valence-electron chi connectivity index (χ4n) is 0.833. The number of nitrogens with one attached hydrogen (secondary N) is 1. The molecule has 0 aliphatic carbocycles. The van der Waals surface area contributed by atoms with Gasteiger partial charge in [-0.3, -0.25) is 0 Å². The zero-order chi connectivity index (χ0) is 12.8. The summed E-state index contributed by atoms with van der Waals surface area (Å²) < 4.78 is 24.1. The van der Waals surface area contributed by atoms with E-state index in [1.54, 1.807) is 0 Å². The van der Waals surface area contributed by atoms with Gasteiger partial charge in [0.2, 0.25) is 10.0 Å². The van der Waals surface area contributed by atoms with Crippen LogP contribution < -0.4 is 4.72 Å². The van der Waals surface area contributed by atoms with Crippen LogP contribution in [-0.2, 0) is 19.6 Å². The molecule has 92 valence electrons. The average molecular weight is 251 g/mol. The molecule has 7 nitrogen and oxygen atoms in total. The van der Waals surface area contributed by atoms with Gasteiger partial charge in [0, 0.05) is 18.2 Å². The molecule has 0 amide bonds. The quantitative estimate of drug-likeness (QED) is 0.520. The number of hydrogen-bond donors (Lipinski definition) is 3. The van der Waals surface area contributed by atoms with Gasteiger partial charge in [0.1, 0.15) is 0 Å². The zero-order valence-electron chi connectivity index (χ0n) is 8.63. The fourth-order valence-corrected chi connectivity index (χ4v) is 1.45. The number of rotatable bonds is 7. The van der Waals surface area contributed by atoms with Gasteiger partial charge in [-0.1, -0.05) is 0 Å². The molecule has 0 heterocycles. The lowest BCUT2D eigenvalue weighted by molar-refractivity contribution is -0.135. The maximum absolute atomic E-state index is 11.0. The molecule has 16 heavy (non-hydrogen) atoms. The summed E-state index contributed by atoms with van der Waals surface area (Å²) >= 11 is 0. The van der Waals surface area contributed by atoms with Crippen LogP contribution in [0.15, 0.2) is 11.6 Å². The van der Waals surface area contributed by atoms with E-state index in [0.29, 0.717) is 6.08 Å². The molecule has 0 aliphatic rings. The van der Waals surface area contributed by atoms with Crippen LogP contribution in [0.25, 0.3) is 0 Å². The van der Waals surface area contributed by atoms with Crippen molar-refractivity contribution in [2.45, 2.75) is 13.3 Å². The predicted molar refractivity (Wildman–Crippen MR) is 55.4 cm³/mol. The van der Waals surface area contributed by atoms with E-state index in [1.807, 2.05) is 0 Å². The minimum atomic E-state index is -3.39. The van der Waals surface area contributed by atoms with Gasteiger partial charge in [0.15, 0.2) is 0 Å². The highest BCUT2D eigenvalue weighted by Crippen LogP contribution is 2.01. The highest BCUT2D eigenvalue weighted by Gasteiger charge is 2.11. The van der Waals surface area contributed by atoms with Crippen LogP contribution in [0.2, 0.25) is 0 Å². The third-order valence-corrected chi connectivity index (χ3v) is 3.07. The largest absolute Gasteiger partial charge is 0.478 e. The summed E-state index contributed by atoms with van der Waals surface area (Å²) in [7, 11) is -3.39. The van der Waals surface area contributed by atoms with Crippen LogP contribution in [0, 0.1) is 0 Å². The molecule has 0 aromatic carbocycles. The van der Waals surface area contributed by atoms with Gasteiger partial charge in [0.05, 0.1) is 5.75 Å². The van der Waals surface area contributed by atoms with Gasteiger partial charge in [0.25, 0.3) is 0 Å². The van der Waals surface area contributed by atoms with E-state index >= 15 is 0 Å². The predicted octanol–water partition coefficient (Wildman–Crippen LogP) is -0.589. The van der Waals surface area contributed by atoms with E-state index in [2.05, 4.69) is 4.72 Å². The summed E-state index contributed by atoms with van der Waals surface area (Å²) in [6.45, 7) is 1.30. The molecule has 0 aromatic rings. The molecule has 0 saturated carbocycles. The number of carbonyl (C=O) groups is 2. The normalized spacial score (nSPS) is 12.4. The second-order valence-electron chi connectivity index (χ2n) is 2.86. The molecule has 0 rings (SSSR count). The first-order chi connectivity index (χ1) is 7.28. The van der Waals surface area contributed by atoms with Crippen LogP contribution in [0.4, 0.5) is 0 Å². The van der Waals surface area contributed by atoms with E-state index in [4.69, 9.17) is 10.2 Å². The van der Waals surface area contributed by atoms with E-state index < -0.39 is 22.0 Å². The lowest BCUT2D eigenvalue weighted by Gasteiger charge is -2.04. The molecule has 0 unspecified atom stereocenters. The standard InChI is InChI=1S/C8H13NO6S/c1-2-16(14,15)9-4-3-6(8(12)13)5-7(10)11/h5,9H,2-4H2,1H3,(H,10,11)(H,12,13)/b6-5+. The summed E-state index contributed by atoms with van der Waals surface area (Å²) in [4.78, 5) is 20.8. The maximum atomic E-state index is 11.0. The van der Waals surface area contributed by atoms with Crippen LogP contribution in [0.1, 0.15) is 13.3 Å². The molecule has 0 spiro atoms. The Morgan fingerprint density at radius 3 is 2.25 bits per heavy atom. The molecule has 0 radical (unpaired) electrons. The minimum absolute atomic E-state index is 0.113. The van der Waals surface area contributed by atoms with Gasteiger partial charge >= 0.3 is 11.9 Å². The van der Waals surface area contributed by atoms with E-state index in [1.165, 1.54) is 6.92 Å². The third kappa shape index (κ3) is 6.14. The van der Waals surface area contributed by atoms with Gasteiger partial charge < -0.3 is 10.2 Å². The minimum Gasteiger partial charge on any atom is -0.478 e. The summed E-state index contributed by atoms with van der Waals surface area (Å²) in [5.41, 5.74) is -0.355. The average Bonchev–Trinajstić information content (AvgIpc) is 2.15. The van der Waals surface area contributed by atoms with E-state index in [-0.39, 0.29) is 24.3 Å². The number of carboxylic acids is 2. The summed E-state index contributed by atoms with van der Waals surface area (Å²) in [5, 5.41) is 17.0. The van der Waals surface area contributed by atoms with Crippen molar-refractivity contribution in [1.82, 2.24) is 4.72 Å². The Labute approximate surface area is 92.8 Å². The molecule has 0 saturated heterocycles. The van der Waals surface area contributed by atoms with Gasteiger partial charge in [-0.25, -0.2) is 22.7 Å². The smallest absolute Gasteiger partial charge is 0.331 e. The van der Waals surface area contributed by atoms with Crippen molar-refractivity contribution in [2.24, 2.45) is 0 Å². The molecule has 0 bridgehead atoms. The second-order valence-corrected chi connectivity index (χ2v) is 4.96. The van der Waals surface area contributed by atoms with Gasteiger partial charge in [-0.15, -0.1) is 0 Å². The Morgan fingerprint density at radius 1 is 1.31 bits per heavy atom. The summed E-state index contributed by atoms with van der Waals surface area (Å²) in [6, 6.07) is 0. The molecule has 0 atom stereocenters. The SMILES string of the molecule is CCS(=O)(=O)NCC/C(=C\C(=O)O)C(=O)O. The van der Waals surface area contributed by atoms with Crippen LogP contribution >= 0.6 is 0 Å². The maximum Gasteiger partial charge on any atom is 0.331 e. The highest BCUT2D eigenvalue weighted by molar-refractivity contribution is 7.89. The van der Waals surface area contributed by atoms with Crippen molar-refractivity contribution in [3.8, 4) is 0 Å². The van der Waals surface area contributed by atoms with Crippen molar-refractivity contribution >= 4 is 22.0 Å². The third-order valence-electron chi connectivity index (χ3n) is 1.67. The first-order valence-electron chi connectivity index (χ1n) is 4.42. The lowest BCUT2D eigenvalue weighted by atomic mass is 10.2. The van der Waals surface area contributed by atoms with Gasteiger partial charge in [-0.05, 0) is 13.3 Å². The van der Waals surface area contributed by atoms with Crippen molar-refractivity contribution in [3.63, 3.8) is 0 Å². The molecular formula is C8H13NO6S. The van der Waals surface area contributed by atoms with E-state index in [9.17, 15) is 18.0 Å². The van der Waals surface area contributed by atoms with Crippen molar-refractivity contribution < 1.29 is 28.2 Å². The number of carboxylic acid groups (broad SMARTS) is 2. The summed E-state index contributed by atoms with van der Waals surface area (Å²) in [6.07, 6.45) is 0.365. The fraction of sp³-hybridized carbons (Fsp3) is 0.500. The molecule has 3 N–H and O–H groups in total. The Bertz CT molecular complexity index is 397. The number of sulfonamides is 1. The zero-order valence-corrected chi connectivity index (χ0v) is 9.45. The first kappa shape index (κ1) is 14.6. The Kier molecular flexibility index (Phi) is 5.68. The molecule has 0 aliphatic heterocycles. The monoisotopic (exact) mass is 251 g/mol. The second kappa shape index (κ2) is 6.23. The topological polar surface area (TPSA) is 121 Å². The molecule has 0 aromatic heterocycles. The van der Waals surface area contributed by atoms with Gasteiger partial charge in [-0.2, -0.15) is 0 Å². The Balaban J connectivity index is 4.37. The van der Waals surface area contributed by atoms with Crippen LogP contribution in [-0.4, -0.2) is 42.9 Å². The molecular weight excluding hydrogens is 238 g/mol. The van der Waals surface area contributed by atoms with E-state index in [0.717, 1.165) is 0 Å².